The van der Waals surface area contributed by atoms with Crippen molar-refractivity contribution in [3.05, 3.63) is 29.8 Å². The van der Waals surface area contributed by atoms with E-state index in [9.17, 15) is 0 Å². The first-order valence-electron chi connectivity index (χ1n) is 6.84. The molecule has 5 heteroatoms. The van der Waals surface area contributed by atoms with Crippen LogP contribution in [0.5, 0.6) is 5.75 Å². The Kier molecular flexibility index (Phi) is 11.9. The molecule has 0 spiro atoms. The molecule has 3 N–H and O–H groups in total. The van der Waals surface area contributed by atoms with E-state index >= 15 is 0 Å². The van der Waals surface area contributed by atoms with Crippen LogP contribution in [0.4, 0.5) is 0 Å². The number of aliphatic hydroxyl groups is 1. The number of aliphatic hydroxyl groups excluding tert-OH is 1. The molecule has 0 bridgehead atoms. The highest BCUT2D eigenvalue weighted by molar-refractivity contribution is 7.97. The Bertz CT molecular complexity index is 378. The Morgan fingerprint density at radius 2 is 1.80 bits per heavy atom. The fourth-order valence-electron chi connectivity index (χ4n) is 1.69. The number of thiol groups is 1. The van der Waals surface area contributed by atoms with Gasteiger partial charge in [-0.25, -0.2) is 0 Å². The maximum absolute atomic E-state index is 9.14. The second kappa shape index (κ2) is 12.2. The highest BCUT2D eigenvalue weighted by Gasteiger charge is 1.95. The summed E-state index contributed by atoms with van der Waals surface area (Å²) in [6.07, 6.45) is 4.56. The second-order valence-electron chi connectivity index (χ2n) is 4.56. The molecule has 20 heavy (non-hydrogen) atoms. The Morgan fingerprint density at radius 3 is 2.40 bits per heavy atom. The molecule has 1 aromatic carbocycles. The summed E-state index contributed by atoms with van der Waals surface area (Å²) in [5, 5.41) is 9.60. The van der Waals surface area contributed by atoms with Gasteiger partial charge in [-0.05, 0) is 44.0 Å². The Balaban J connectivity index is 0.00000361. The largest absolute Gasteiger partial charge is 0.494 e. The molecule has 0 saturated heterocycles. The molecule has 0 atom stereocenters. The molecule has 0 aliphatic rings. The van der Waals surface area contributed by atoms with Gasteiger partial charge in [0.1, 0.15) is 5.75 Å². The van der Waals surface area contributed by atoms with Crippen molar-refractivity contribution in [2.75, 3.05) is 13.2 Å². The summed E-state index contributed by atoms with van der Waals surface area (Å²) in [6.45, 7) is 3.28. The van der Waals surface area contributed by atoms with Gasteiger partial charge in [-0.3, -0.25) is 0 Å². The minimum atomic E-state index is 0. The number of hydrogen-bond donors (Lipinski definition) is 3. The first kappa shape index (κ1) is 19.4. The van der Waals surface area contributed by atoms with Gasteiger partial charge >= 0.3 is 0 Å². The van der Waals surface area contributed by atoms with E-state index in [1.165, 1.54) is 18.4 Å². The predicted octanol–water partition coefficient (Wildman–Crippen LogP) is 3.68. The van der Waals surface area contributed by atoms with E-state index in [0.717, 1.165) is 48.8 Å². The standard InChI is InChI=1S/C15H25NO2S.ClH/c1-13(17)19-12-14-6-8-15(9-7-14)18-11-5-3-2-4-10-16;/h6-9,17,19H,2-5,10-12,16H2,1H3;1H. The lowest BCUT2D eigenvalue weighted by Crippen LogP contribution is -2.00. The van der Waals surface area contributed by atoms with Crippen LogP contribution >= 0.6 is 23.8 Å². The average molecular weight is 320 g/mol. The summed E-state index contributed by atoms with van der Waals surface area (Å²) < 4.78 is 5.68. The predicted molar refractivity (Wildman–Crippen MR) is 92.7 cm³/mol. The highest BCUT2D eigenvalue weighted by Crippen LogP contribution is 2.15. The quantitative estimate of drug-likeness (QED) is 0.370. The molecular formula is C15H26ClNO2S. The smallest absolute Gasteiger partial charge is 0.119 e. The molecule has 0 amide bonds. The molecule has 0 aliphatic heterocycles. The van der Waals surface area contributed by atoms with Crippen LogP contribution in [0.25, 0.3) is 0 Å². The van der Waals surface area contributed by atoms with Crippen LogP contribution in [0.15, 0.2) is 24.3 Å². The normalized spacial score (nSPS) is 11.4. The molecule has 0 unspecified atom stereocenters. The van der Waals surface area contributed by atoms with Crippen molar-refractivity contribution in [2.45, 2.75) is 38.4 Å². The molecule has 116 valence electrons. The van der Waals surface area contributed by atoms with Crippen LogP contribution in [-0.4, -0.2) is 23.3 Å². The van der Waals surface area contributed by atoms with Gasteiger partial charge in [-0.15, -0.1) is 12.4 Å². The number of nitrogens with two attached hydrogens (primary N) is 1. The van der Waals surface area contributed by atoms with Crippen LogP contribution in [0.1, 0.15) is 38.2 Å². The third kappa shape index (κ3) is 9.37. The monoisotopic (exact) mass is 319 g/mol. The van der Waals surface area contributed by atoms with Crippen molar-refractivity contribution in [1.29, 1.82) is 0 Å². The minimum absolute atomic E-state index is 0. The third-order valence-corrected chi connectivity index (χ3v) is 3.76. The van der Waals surface area contributed by atoms with E-state index in [-0.39, 0.29) is 12.4 Å². The van der Waals surface area contributed by atoms with Gasteiger partial charge in [-0.2, -0.15) is 11.4 Å². The first-order valence-corrected chi connectivity index (χ1v) is 7.92. The number of unbranched alkanes of at least 4 members (excludes halogenated alkanes) is 3. The Labute approximate surface area is 131 Å². The molecular weight excluding hydrogens is 294 g/mol. The zero-order valence-electron chi connectivity index (χ0n) is 12.0. The summed E-state index contributed by atoms with van der Waals surface area (Å²) in [5.41, 5.74) is 6.66. The van der Waals surface area contributed by atoms with E-state index in [4.69, 9.17) is 15.6 Å². The van der Waals surface area contributed by atoms with Crippen LogP contribution < -0.4 is 10.5 Å². The van der Waals surface area contributed by atoms with E-state index in [2.05, 4.69) is 12.1 Å². The van der Waals surface area contributed by atoms with E-state index in [0.29, 0.717) is 5.05 Å². The maximum Gasteiger partial charge on any atom is 0.119 e. The van der Waals surface area contributed by atoms with Crippen molar-refractivity contribution in [3.8, 4) is 5.75 Å². The highest BCUT2D eigenvalue weighted by atomic mass is 35.5. The summed E-state index contributed by atoms with van der Waals surface area (Å²) in [4.78, 5) is 0. The van der Waals surface area contributed by atoms with Crippen molar-refractivity contribution in [2.24, 2.45) is 5.73 Å². The summed E-state index contributed by atoms with van der Waals surface area (Å²) in [6, 6.07) is 8.11. The third-order valence-electron chi connectivity index (χ3n) is 2.78. The first-order chi connectivity index (χ1) is 9.22. The van der Waals surface area contributed by atoms with Gasteiger partial charge in [0, 0.05) is 5.75 Å². The van der Waals surface area contributed by atoms with Crippen molar-refractivity contribution in [1.82, 2.24) is 0 Å². The van der Waals surface area contributed by atoms with Gasteiger partial charge in [0.2, 0.25) is 0 Å². The van der Waals surface area contributed by atoms with E-state index < -0.39 is 0 Å². The maximum atomic E-state index is 9.14. The Morgan fingerprint density at radius 1 is 1.15 bits per heavy atom. The molecule has 0 fully saturated rings. The van der Waals surface area contributed by atoms with Crippen molar-refractivity contribution < 1.29 is 9.84 Å². The second-order valence-corrected chi connectivity index (χ2v) is 5.84. The van der Waals surface area contributed by atoms with Crippen LogP contribution in [0.2, 0.25) is 0 Å². The zero-order valence-corrected chi connectivity index (χ0v) is 13.8. The molecule has 0 radical (unpaired) electrons. The summed E-state index contributed by atoms with van der Waals surface area (Å²) >= 11 is 0.963. The molecule has 0 aromatic heterocycles. The molecule has 1 rings (SSSR count). The van der Waals surface area contributed by atoms with Gasteiger partial charge < -0.3 is 15.6 Å². The number of rotatable bonds is 9. The zero-order chi connectivity index (χ0) is 13.9. The summed E-state index contributed by atoms with van der Waals surface area (Å²) in [5.74, 6) is 1.77. The number of halogens is 1. The molecule has 0 saturated carbocycles. The van der Waals surface area contributed by atoms with Gasteiger partial charge in [0.25, 0.3) is 0 Å². The Hall–Kier alpha value is -0.550. The molecule has 0 heterocycles. The number of hydrogen-bond acceptors (Lipinski definition) is 2. The van der Waals surface area contributed by atoms with E-state index in [1.807, 2.05) is 12.1 Å². The van der Waals surface area contributed by atoms with Gasteiger partial charge in [0.15, 0.2) is 0 Å². The number of benzene rings is 1. The lowest BCUT2D eigenvalue weighted by atomic mass is 10.2. The fraction of sp³-hybridized carbons (Fsp3) is 0.533. The van der Waals surface area contributed by atoms with Gasteiger partial charge in [-0.1, -0.05) is 25.0 Å². The van der Waals surface area contributed by atoms with Crippen LogP contribution in [0.3, 0.4) is 0 Å². The fourth-order valence-corrected chi connectivity index (χ4v) is 2.31. The average Bonchev–Trinajstić information content (AvgIpc) is 2.41. The SMILES string of the molecule is CC(O)=[SH]Cc1ccc(OCCCCCCN)cc1.Cl. The molecule has 0 aliphatic carbocycles. The molecule has 3 nitrogen and oxygen atoms in total. The number of ether oxygens (including phenoxy) is 1. The topological polar surface area (TPSA) is 55.5 Å². The van der Waals surface area contributed by atoms with E-state index in [1.54, 1.807) is 6.92 Å². The van der Waals surface area contributed by atoms with Gasteiger partial charge in [0.05, 0.1) is 11.7 Å². The van der Waals surface area contributed by atoms with Crippen LogP contribution in [-0.2, 0) is 5.75 Å². The lowest BCUT2D eigenvalue weighted by Gasteiger charge is -2.06. The van der Waals surface area contributed by atoms with Crippen molar-refractivity contribution >= 4 is 28.8 Å². The van der Waals surface area contributed by atoms with Crippen LogP contribution in [0, 0.1) is 0 Å². The lowest BCUT2D eigenvalue weighted by molar-refractivity contribution is 0.305. The van der Waals surface area contributed by atoms with Crippen molar-refractivity contribution in [3.63, 3.8) is 0 Å². The molecule has 1 aromatic rings. The summed E-state index contributed by atoms with van der Waals surface area (Å²) in [7, 11) is 0. The minimum Gasteiger partial charge on any atom is -0.494 e.